The van der Waals surface area contributed by atoms with Crippen LogP contribution in [0.3, 0.4) is 0 Å². The van der Waals surface area contributed by atoms with Gasteiger partial charge in [-0.3, -0.25) is 9.59 Å². The van der Waals surface area contributed by atoms with E-state index in [1.54, 1.807) is 7.05 Å². The van der Waals surface area contributed by atoms with Crippen LogP contribution >= 0.6 is 0 Å². The average Bonchev–Trinajstić information content (AvgIpc) is 2.63. The number of carbonyl (C=O) groups excluding carboxylic acids is 2. The van der Waals surface area contributed by atoms with Gasteiger partial charge in [0.15, 0.2) is 6.61 Å². The summed E-state index contributed by atoms with van der Waals surface area (Å²) < 4.78 is 5.63. The van der Waals surface area contributed by atoms with E-state index < -0.39 is 0 Å². The van der Waals surface area contributed by atoms with Crippen molar-refractivity contribution in [3.8, 4) is 5.75 Å². The van der Waals surface area contributed by atoms with Gasteiger partial charge in [-0.2, -0.15) is 0 Å². The lowest BCUT2D eigenvalue weighted by Gasteiger charge is -2.19. The third-order valence-electron chi connectivity index (χ3n) is 4.26. The molecule has 0 radical (unpaired) electrons. The minimum Gasteiger partial charge on any atom is -0.483 e. The minimum atomic E-state index is -0.243. The zero-order valence-electron chi connectivity index (χ0n) is 15.8. The number of amides is 2. The molecule has 0 bridgehead atoms. The Hall–Kier alpha value is -2.82. The molecule has 0 atom stereocenters. The highest BCUT2D eigenvalue weighted by molar-refractivity contribution is 5.95. The lowest BCUT2D eigenvalue weighted by Crippen LogP contribution is -2.37. The van der Waals surface area contributed by atoms with Crippen LogP contribution in [0.4, 0.5) is 5.69 Å². The molecule has 0 aliphatic rings. The Morgan fingerprint density at radius 3 is 2.35 bits per heavy atom. The Morgan fingerprint density at radius 2 is 1.69 bits per heavy atom. The molecule has 0 aromatic heterocycles. The molecule has 2 aromatic carbocycles. The number of nitrogens with one attached hydrogen (secondary N) is 1. The van der Waals surface area contributed by atoms with E-state index in [2.05, 4.69) is 5.32 Å². The molecule has 0 aliphatic heterocycles. The Bertz CT molecular complexity index is 766. The van der Waals surface area contributed by atoms with E-state index in [1.807, 2.05) is 63.2 Å². The molecule has 26 heavy (non-hydrogen) atoms. The molecule has 0 spiro atoms. The quantitative estimate of drug-likeness (QED) is 0.830. The minimum absolute atomic E-state index is 0.0224. The van der Waals surface area contributed by atoms with Crippen molar-refractivity contribution in [1.29, 1.82) is 0 Å². The second kappa shape index (κ2) is 9.04. The van der Waals surface area contributed by atoms with Crippen molar-refractivity contribution in [2.75, 3.05) is 25.5 Å². The summed E-state index contributed by atoms with van der Waals surface area (Å²) in [4.78, 5) is 25.9. The normalized spacial score (nSPS) is 10.3. The number of para-hydroxylation sites is 2. The van der Waals surface area contributed by atoms with E-state index in [4.69, 9.17) is 4.74 Å². The third kappa shape index (κ3) is 5.09. The summed E-state index contributed by atoms with van der Waals surface area (Å²) in [6.45, 7) is 5.80. The maximum atomic E-state index is 12.3. The van der Waals surface area contributed by atoms with E-state index in [9.17, 15) is 9.59 Å². The number of aryl methyl sites for hydroxylation is 3. The molecular weight excluding hydrogens is 328 g/mol. The molecule has 2 rings (SSSR count). The van der Waals surface area contributed by atoms with Crippen molar-refractivity contribution < 1.29 is 14.3 Å². The number of hydrogen-bond acceptors (Lipinski definition) is 3. The van der Waals surface area contributed by atoms with Crippen LogP contribution in [0.15, 0.2) is 42.5 Å². The van der Waals surface area contributed by atoms with Crippen molar-refractivity contribution in [2.24, 2.45) is 0 Å². The van der Waals surface area contributed by atoms with Gasteiger partial charge in [0, 0.05) is 12.7 Å². The zero-order valence-corrected chi connectivity index (χ0v) is 15.8. The zero-order chi connectivity index (χ0) is 19.1. The number of likely N-dealkylation sites (N-methyl/N-ethyl adjacent to an activating group) is 1. The Labute approximate surface area is 155 Å². The maximum absolute atomic E-state index is 12.3. The summed E-state index contributed by atoms with van der Waals surface area (Å²) in [6.07, 6.45) is 0.832. The predicted octanol–water partition coefficient (Wildman–Crippen LogP) is 3.34. The molecule has 0 fully saturated rings. The molecule has 5 heteroatoms. The van der Waals surface area contributed by atoms with Gasteiger partial charge in [0.05, 0.1) is 6.54 Å². The molecule has 138 valence electrons. The molecule has 0 saturated carbocycles. The fourth-order valence-corrected chi connectivity index (χ4v) is 2.68. The number of carbonyl (C=O) groups is 2. The number of nitrogens with zero attached hydrogens (tertiary/aromatic N) is 1. The first kappa shape index (κ1) is 19.5. The number of ether oxygens (including phenoxy) is 1. The predicted molar refractivity (Wildman–Crippen MR) is 103 cm³/mol. The highest BCUT2D eigenvalue weighted by Crippen LogP contribution is 2.20. The van der Waals surface area contributed by atoms with Crippen LogP contribution in [-0.4, -0.2) is 36.9 Å². The molecule has 0 saturated heterocycles. The van der Waals surface area contributed by atoms with Crippen LogP contribution in [0.25, 0.3) is 0 Å². The molecule has 0 unspecified atom stereocenters. The van der Waals surface area contributed by atoms with Crippen molar-refractivity contribution in [3.05, 3.63) is 59.2 Å². The number of benzene rings is 2. The molecule has 5 nitrogen and oxygen atoms in total. The van der Waals surface area contributed by atoms with Gasteiger partial charge >= 0.3 is 0 Å². The molecule has 1 N–H and O–H groups in total. The van der Waals surface area contributed by atoms with Gasteiger partial charge < -0.3 is 15.0 Å². The lowest BCUT2D eigenvalue weighted by molar-refractivity contribution is -0.135. The van der Waals surface area contributed by atoms with Gasteiger partial charge in [-0.25, -0.2) is 0 Å². The van der Waals surface area contributed by atoms with Gasteiger partial charge in [0.25, 0.3) is 5.91 Å². The van der Waals surface area contributed by atoms with Crippen molar-refractivity contribution in [2.45, 2.75) is 27.2 Å². The highest BCUT2D eigenvalue weighted by Gasteiger charge is 2.15. The third-order valence-corrected chi connectivity index (χ3v) is 4.26. The van der Waals surface area contributed by atoms with Gasteiger partial charge in [-0.15, -0.1) is 0 Å². The monoisotopic (exact) mass is 354 g/mol. The highest BCUT2D eigenvalue weighted by atomic mass is 16.5. The SMILES string of the molecule is CCc1ccccc1OCC(=O)N(C)CC(=O)Nc1c(C)cccc1C. The van der Waals surface area contributed by atoms with Gasteiger partial charge in [0.1, 0.15) is 5.75 Å². The smallest absolute Gasteiger partial charge is 0.260 e. The second-order valence-electron chi connectivity index (χ2n) is 6.31. The largest absolute Gasteiger partial charge is 0.483 e. The van der Waals surface area contributed by atoms with Gasteiger partial charge in [-0.05, 0) is 43.0 Å². The first-order chi connectivity index (χ1) is 12.4. The molecular formula is C21H26N2O3. The summed E-state index contributed by atoms with van der Waals surface area (Å²) in [7, 11) is 1.60. The first-order valence-electron chi connectivity index (χ1n) is 8.73. The molecule has 0 aliphatic carbocycles. The van der Waals surface area contributed by atoms with Crippen LogP contribution in [0.2, 0.25) is 0 Å². The number of anilines is 1. The molecule has 2 aromatic rings. The van der Waals surface area contributed by atoms with Crippen LogP contribution < -0.4 is 10.1 Å². The standard InChI is InChI=1S/C21H26N2O3/c1-5-17-11-6-7-12-18(17)26-14-20(25)23(4)13-19(24)22-21-15(2)9-8-10-16(21)3/h6-12H,5,13-14H2,1-4H3,(H,22,24). The number of rotatable bonds is 7. The van der Waals surface area contributed by atoms with Crippen LogP contribution in [0, 0.1) is 13.8 Å². The van der Waals surface area contributed by atoms with E-state index >= 15 is 0 Å². The Morgan fingerprint density at radius 1 is 1.04 bits per heavy atom. The Balaban J connectivity index is 1.89. The van der Waals surface area contributed by atoms with E-state index in [-0.39, 0.29) is 25.0 Å². The summed E-state index contributed by atoms with van der Waals surface area (Å²) in [5.41, 5.74) is 3.83. The second-order valence-corrected chi connectivity index (χ2v) is 6.31. The first-order valence-corrected chi connectivity index (χ1v) is 8.73. The molecule has 2 amide bonds. The van der Waals surface area contributed by atoms with Crippen molar-refractivity contribution in [1.82, 2.24) is 4.90 Å². The summed E-state index contributed by atoms with van der Waals surface area (Å²) in [6, 6.07) is 13.5. The fraction of sp³-hybridized carbons (Fsp3) is 0.333. The fourth-order valence-electron chi connectivity index (χ4n) is 2.68. The maximum Gasteiger partial charge on any atom is 0.260 e. The van der Waals surface area contributed by atoms with E-state index in [0.29, 0.717) is 5.75 Å². The summed E-state index contributed by atoms with van der Waals surface area (Å²) in [5.74, 6) is 0.233. The average molecular weight is 354 g/mol. The Kier molecular flexibility index (Phi) is 6.78. The summed E-state index contributed by atoms with van der Waals surface area (Å²) in [5, 5.41) is 2.88. The number of hydrogen-bond donors (Lipinski definition) is 1. The van der Waals surface area contributed by atoms with Crippen LogP contribution in [0.1, 0.15) is 23.6 Å². The van der Waals surface area contributed by atoms with Crippen molar-refractivity contribution in [3.63, 3.8) is 0 Å². The summed E-state index contributed by atoms with van der Waals surface area (Å²) >= 11 is 0. The van der Waals surface area contributed by atoms with E-state index in [0.717, 1.165) is 28.8 Å². The van der Waals surface area contributed by atoms with Crippen LogP contribution in [0.5, 0.6) is 5.75 Å². The lowest BCUT2D eigenvalue weighted by atomic mass is 10.1. The van der Waals surface area contributed by atoms with Gasteiger partial charge in [0.2, 0.25) is 5.91 Å². The van der Waals surface area contributed by atoms with Crippen LogP contribution in [-0.2, 0) is 16.0 Å². The molecule has 0 heterocycles. The van der Waals surface area contributed by atoms with E-state index in [1.165, 1.54) is 4.90 Å². The topological polar surface area (TPSA) is 58.6 Å². The van der Waals surface area contributed by atoms with Gasteiger partial charge in [-0.1, -0.05) is 43.3 Å². The van der Waals surface area contributed by atoms with Crippen molar-refractivity contribution >= 4 is 17.5 Å².